The number of benzene rings is 4. The van der Waals surface area contributed by atoms with Crippen LogP contribution in [-0.4, -0.2) is 70.3 Å². The Morgan fingerprint density at radius 3 is 0.454 bits per heavy atom. The number of carbonyl (C=O) groups is 6. The first-order chi connectivity index (χ1) is 53.0. The lowest BCUT2D eigenvalue weighted by Crippen LogP contribution is -2.10. The van der Waals surface area contributed by atoms with Crippen molar-refractivity contribution in [3.63, 3.8) is 0 Å². The second-order valence-corrected chi connectivity index (χ2v) is 33.9. The molecule has 0 aliphatic rings. The molecule has 4 aromatic carbocycles. The fourth-order valence-corrected chi connectivity index (χ4v) is 16.5. The summed E-state index contributed by atoms with van der Waals surface area (Å²) in [6.07, 6.45) is 57.2. The molecule has 0 amide bonds. The first kappa shape index (κ1) is 95.4. The molecule has 0 radical (unpaired) electrons. The first-order valence-corrected chi connectivity index (χ1v) is 47.8. The van der Waals surface area contributed by atoms with Crippen molar-refractivity contribution in [3.05, 3.63) is 105 Å². The van der Waals surface area contributed by atoms with Gasteiger partial charge >= 0.3 is 35.8 Å². The largest absolute Gasteiger partial charge is 0.419 e. The van der Waals surface area contributed by atoms with Crippen LogP contribution in [0.4, 0.5) is 0 Å². The zero-order valence-corrected chi connectivity index (χ0v) is 71.6. The third-order valence-electron chi connectivity index (χ3n) is 18.4. The number of hydrogen-bond donors (Lipinski definition) is 0. The number of esters is 6. The quantitative estimate of drug-likeness (QED) is 0.0135. The van der Waals surface area contributed by atoms with Gasteiger partial charge in [0, 0.05) is 36.5 Å². The predicted molar refractivity (Wildman–Crippen MR) is 470 cm³/mol. The van der Waals surface area contributed by atoms with Crippen LogP contribution in [0.2, 0.25) is 0 Å². The molecule has 0 saturated heterocycles. The third-order valence-corrected chi connectivity index (χ3v) is 23.5. The summed E-state index contributed by atoms with van der Waals surface area (Å²) in [7, 11) is 0. The average molecular weight is 1600 g/mol. The first-order valence-electron chi connectivity index (χ1n) is 41.5. The van der Waals surface area contributed by atoms with Crippen LogP contribution in [0.1, 0.15) is 311 Å². The van der Waals surface area contributed by atoms with Gasteiger partial charge < -0.3 is 28.4 Å². The van der Waals surface area contributed by atoms with E-state index in [0.717, 1.165) is 112 Å². The van der Waals surface area contributed by atoms with Gasteiger partial charge in [0.25, 0.3) is 0 Å². The normalized spacial score (nSPS) is 11.9. The summed E-state index contributed by atoms with van der Waals surface area (Å²) in [6.45, 7) is 13.3. The Morgan fingerprint density at radius 2 is 0.324 bits per heavy atom. The number of hydrogen-bond acceptors (Lipinski definition) is 18. The summed E-state index contributed by atoms with van der Waals surface area (Å²) in [4.78, 5) is 84.6. The summed E-state index contributed by atoms with van der Waals surface area (Å²) < 4.78 is 37.2. The highest BCUT2D eigenvalue weighted by Crippen LogP contribution is 2.48. The monoisotopic (exact) mass is 1600 g/mol. The molecule has 108 heavy (non-hydrogen) atoms. The van der Waals surface area contributed by atoms with Crippen LogP contribution in [0.15, 0.2) is 105 Å². The van der Waals surface area contributed by atoms with Crippen molar-refractivity contribution < 1.29 is 57.2 Å². The Kier molecular flexibility index (Phi) is 57.0. The Bertz CT molecular complexity index is 2780. The van der Waals surface area contributed by atoms with Crippen molar-refractivity contribution in [2.75, 3.05) is 34.5 Å². The molecule has 18 heteroatoms. The summed E-state index contributed by atoms with van der Waals surface area (Å²) >= 11 is 9.13. The molecular formula is C90H132O12S6. The van der Waals surface area contributed by atoms with Crippen LogP contribution >= 0.6 is 70.6 Å². The highest BCUT2D eigenvalue weighted by atomic mass is 32.2. The van der Waals surface area contributed by atoms with E-state index in [1.54, 1.807) is 68.8 Å². The van der Waals surface area contributed by atoms with Crippen LogP contribution in [0.3, 0.4) is 0 Å². The second kappa shape index (κ2) is 64.5. The van der Waals surface area contributed by atoms with Crippen molar-refractivity contribution in [2.24, 2.45) is 0 Å². The Hall–Kier alpha value is -4.98. The van der Waals surface area contributed by atoms with E-state index < -0.39 is 35.8 Å². The molecular weight excluding hydrogens is 1470 g/mol. The SMILES string of the molecule is CCCCCCCCCSC=CC(=O)Oc1cc2c3cc(OC(=O)C=CSCCCCCCCCC)c(OC(=O)C=CSCCCCCCCCC)cc3c3cc(OC(=O)C=CSCCCCCCCCC)c(OC(=O)C=CSCCCCCCCCC)cc3c2cc1OC(=O)C=CSCCCCCCCCC. The standard InChI is InChI=1S/C90H132O12S6/c1-7-13-19-25-31-37-43-55-103-61-49-85(91)97-79-67-73-74(68-80(79)98-86(92)50-62-104-56-44-38-32-26-20-14-8-2)76-70-82(100-88(94)52-64-106-58-46-40-34-28-22-16-10-4)84(102-90(96)54-66-108-60-48-42-36-30-24-18-12-6)72-78(76)77-71-83(101-89(95)53-65-107-59-47-41-35-29-23-17-11-5)81(69-75(73)77)99-87(93)51-63-105-57-45-39-33-27-21-15-9-3/h49-54,61-72H,7-48,55-60H2,1-6H3. The molecule has 4 rings (SSSR count). The molecule has 4 aromatic rings. The number of carbonyl (C=O) groups excluding carboxylic acids is 6. The molecule has 0 aromatic heterocycles. The summed E-state index contributed by atoms with van der Waals surface area (Å²) in [6, 6.07) is 9.58. The molecule has 0 aliphatic heterocycles. The van der Waals surface area contributed by atoms with Gasteiger partial charge in [0.2, 0.25) is 0 Å². The van der Waals surface area contributed by atoms with Crippen molar-refractivity contribution >= 4 is 139 Å². The molecule has 0 spiro atoms. The lowest BCUT2D eigenvalue weighted by molar-refractivity contribution is -0.131. The van der Waals surface area contributed by atoms with Gasteiger partial charge in [-0.2, -0.15) is 0 Å². The number of unbranched alkanes of at least 4 members (excludes halogenated alkanes) is 36. The van der Waals surface area contributed by atoms with E-state index in [2.05, 4.69) is 41.5 Å². The van der Waals surface area contributed by atoms with E-state index in [4.69, 9.17) is 28.4 Å². The highest BCUT2D eigenvalue weighted by molar-refractivity contribution is 8.03. The van der Waals surface area contributed by atoms with E-state index >= 15 is 0 Å². The molecule has 0 heterocycles. The van der Waals surface area contributed by atoms with Crippen molar-refractivity contribution in [3.8, 4) is 34.5 Å². The number of rotatable bonds is 66. The second-order valence-electron chi connectivity index (χ2n) is 27.8. The minimum atomic E-state index is -0.710. The molecule has 0 saturated carbocycles. The molecule has 0 aliphatic carbocycles. The number of fused-ring (bicyclic) bond motifs is 6. The Labute approximate surface area is 676 Å². The van der Waals surface area contributed by atoms with Gasteiger partial charge in [-0.1, -0.05) is 273 Å². The van der Waals surface area contributed by atoms with Gasteiger partial charge in [-0.3, -0.25) is 0 Å². The van der Waals surface area contributed by atoms with Gasteiger partial charge in [-0.05, 0) is 174 Å². The van der Waals surface area contributed by atoms with E-state index in [1.165, 1.54) is 300 Å². The maximum Gasteiger partial charge on any atom is 0.336 e. The minimum absolute atomic E-state index is 0.0885. The summed E-state index contributed by atoms with van der Waals surface area (Å²) in [5, 5.41) is 12.8. The van der Waals surface area contributed by atoms with Crippen LogP contribution in [0.25, 0.3) is 32.3 Å². The molecule has 0 N–H and O–H groups in total. The molecule has 12 nitrogen and oxygen atoms in total. The number of ether oxygens (including phenoxy) is 6. The zero-order valence-electron chi connectivity index (χ0n) is 66.7. The zero-order chi connectivity index (χ0) is 77.5. The van der Waals surface area contributed by atoms with Gasteiger partial charge in [0.1, 0.15) is 0 Å². The topological polar surface area (TPSA) is 158 Å². The number of thioether (sulfide) groups is 6. The van der Waals surface area contributed by atoms with Crippen molar-refractivity contribution in [2.45, 2.75) is 311 Å². The van der Waals surface area contributed by atoms with Gasteiger partial charge in [-0.25, -0.2) is 28.8 Å². The van der Waals surface area contributed by atoms with Crippen LogP contribution in [-0.2, 0) is 28.8 Å². The van der Waals surface area contributed by atoms with Crippen LogP contribution in [0.5, 0.6) is 34.5 Å². The van der Waals surface area contributed by atoms with E-state index in [1.807, 2.05) is 0 Å². The van der Waals surface area contributed by atoms with Crippen molar-refractivity contribution in [1.82, 2.24) is 0 Å². The molecule has 0 bridgehead atoms. The molecule has 600 valence electrons. The van der Waals surface area contributed by atoms with Gasteiger partial charge in [-0.15, -0.1) is 70.6 Å². The molecule has 0 atom stereocenters. The van der Waals surface area contributed by atoms with E-state index in [9.17, 15) is 28.8 Å². The fourth-order valence-electron chi connectivity index (χ4n) is 12.2. The van der Waals surface area contributed by atoms with E-state index in [-0.39, 0.29) is 34.5 Å². The van der Waals surface area contributed by atoms with Gasteiger partial charge in [0.05, 0.1) is 0 Å². The third kappa shape index (κ3) is 44.3. The van der Waals surface area contributed by atoms with Crippen molar-refractivity contribution in [1.29, 1.82) is 0 Å². The predicted octanol–water partition coefficient (Wildman–Crippen LogP) is 28.6. The Morgan fingerprint density at radius 1 is 0.204 bits per heavy atom. The summed E-state index contributed by atoms with van der Waals surface area (Å²) in [5.41, 5.74) is 0. The average Bonchev–Trinajstić information content (AvgIpc) is 0.725. The Balaban J connectivity index is 1.98. The fraction of sp³-hybridized carbons (Fsp3) is 0.600. The lowest BCUT2D eigenvalue weighted by atomic mass is 9.93. The maximum absolute atomic E-state index is 14.1. The molecule has 0 fully saturated rings. The van der Waals surface area contributed by atoms with E-state index in [0.29, 0.717) is 32.3 Å². The highest BCUT2D eigenvalue weighted by Gasteiger charge is 2.24. The molecule has 0 unspecified atom stereocenters. The lowest BCUT2D eigenvalue weighted by Gasteiger charge is -2.18. The van der Waals surface area contributed by atoms with Gasteiger partial charge in [0.15, 0.2) is 34.5 Å². The minimum Gasteiger partial charge on any atom is -0.419 e. The maximum atomic E-state index is 14.1. The van der Waals surface area contributed by atoms with Crippen LogP contribution < -0.4 is 28.4 Å². The van der Waals surface area contributed by atoms with Crippen LogP contribution in [0, 0.1) is 0 Å². The summed E-state index contributed by atoms with van der Waals surface area (Å²) in [5.74, 6) is 0.169. The smallest absolute Gasteiger partial charge is 0.336 e.